The lowest BCUT2D eigenvalue weighted by molar-refractivity contribution is 0.0684. The molecule has 0 radical (unpaired) electrons. The van der Waals surface area contributed by atoms with Gasteiger partial charge in [0.2, 0.25) is 0 Å². The topological polar surface area (TPSA) is 93.1 Å². The van der Waals surface area contributed by atoms with Crippen molar-refractivity contribution in [2.75, 3.05) is 26.3 Å². The molecular formula is C16H21N5O3. The van der Waals surface area contributed by atoms with Crippen LogP contribution >= 0.6 is 0 Å². The van der Waals surface area contributed by atoms with Crippen molar-refractivity contribution in [3.63, 3.8) is 0 Å². The summed E-state index contributed by atoms with van der Waals surface area (Å²) >= 11 is 0. The van der Waals surface area contributed by atoms with Crippen LogP contribution < -0.4 is 5.56 Å². The molecule has 1 N–H and O–H groups in total. The molecule has 1 aliphatic carbocycles. The fourth-order valence-corrected chi connectivity index (χ4v) is 3.50. The molecule has 2 aromatic heterocycles. The van der Waals surface area contributed by atoms with Gasteiger partial charge in [0.1, 0.15) is 11.2 Å². The molecule has 1 unspecified atom stereocenters. The van der Waals surface area contributed by atoms with Gasteiger partial charge in [0.25, 0.3) is 11.5 Å². The van der Waals surface area contributed by atoms with Crippen LogP contribution in [0.2, 0.25) is 0 Å². The molecule has 0 bridgehead atoms. The summed E-state index contributed by atoms with van der Waals surface area (Å²) in [6, 6.07) is 0. The van der Waals surface area contributed by atoms with E-state index in [2.05, 4.69) is 15.2 Å². The minimum absolute atomic E-state index is 0.159. The molecular weight excluding hydrogens is 310 g/mol. The maximum absolute atomic E-state index is 12.9. The number of ether oxygens (including phenoxy) is 1. The molecule has 2 aromatic rings. The van der Waals surface area contributed by atoms with Gasteiger partial charge in [0.15, 0.2) is 5.52 Å². The van der Waals surface area contributed by atoms with Gasteiger partial charge >= 0.3 is 0 Å². The third-order valence-corrected chi connectivity index (χ3v) is 5.23. The largest absolute Gasteiger partial charge is 0.379 e. The Morgan fingerprint density at radius 2 is 2.17 bits per heavy atom. The minimum atomic E-state index is -0.262. The first-order valence-corrected chi connectivity index (χ1v) is 8.42. The molecule has 8 heteroatoms. The van der Waals surface area contributed by atoms with Gasteiger partial charge in [-0.25, -0.2) is 4.98 Å². The summed E-state index contributed by atoms with van der Waals surface area (Å²) in [4.78, 5) is 31.0. The van der Waals surface area contributed by atoms with E-state index in [1.54, 1.807) is 7.05 Å². The molecule has 1 atom stereocenters. The Kier molecular flexibility index (Phi) is 3.84. The number of nitrogens with one attached hydrogen (secondary N) is 1. The van der Waals surface area contributed by atoms with E-state index in [9.17, 15) is 9.59 Å². The molecule has 4 rings (SSSR count). The van der Waals surface area contributed by atoms with Gasteiger partial charge in [-0.3, -0.25) is 14.7 Å². The van der Waals surface area contributed by atoms with Gasteiger partial charge in [0, 0.05) is 26.1 Å². The number of hydrogen-bond donors (Lipinski definition) is 1. The van der Waals surface area contributed by atoms with Crippen molar-refractivity contribution in [1.82, 2.24) is 24.6 Å². The number of aryl methyl sites for hydroxylation is 1. The smallest absolute Gasteiger partial charge is 0.281 e. The lowest BCUT2D eigenvalue weighted by atomic mass is 9.76. The van der Waals surface area contributed by atoms with Crippen LogP contribution in [0.1, 0.15) is 29.8 Å². The minimum Gasteiger partial charge on any atom is -0.379 e. The number of fused-ring (bicyclic) bond motifs is 1. The lowest BCUT2D eigenvalue weighted by Gasteiger charge is -2.34. The van der Waals surface area contributed by atoms with Gasteiger partial charge in [-0.05, 0) is 5.92 Å². The highest BCUT2D eigenvalue weighted by Crippen LogP contribution is 2.35. The maximum Gasteiger partial charge on any atom is 0.281 e. The molecule has 1 aliphatic heterocycles. The maximum atomic E-state index is 12.9. The second-order valence-corrected chi connectivity index (χ2v) is 6.73. The predicted molar refractivity (Wildman–Crippen MR) is 86.7 cm³/mol. The summed E-state index contributed by atoms with van der Waals surface area (Å²) < 4.78 is 7.05. The standard InChI is InChI=1S/C16H21N5O3/c1-20-9-17-12-13(15(20)22)18-19-14(12)16(23)21-5-6-24-8-11(7-21)10-3-2-4-10/h9-11H,2-8H2,1H3,(H,18,19). The van der Waals surface area contributed by atoms with Crippen molar-refractivity contribution < 1.29 is 9.53 Å². The molecule has 1 saturated carbocycles. The Labute approximate surface area is 138 Å². The van der Waals surface area contributed by atoms with Crippen LogP contribution in [0.15, 0.2) is 11.1 Å². The van der Waals surface area contributed by atoms with Crippen molar-refractivity contribution in [3.05, 3.63) is 22.4 Å². The monoisotopic (exact) mass is 331 g/mol. The molecule has 0 spiro atoms. The first-order valence-electron chi connectivity index (χ1n) is 8.42. The second-order valence-electron chi connectivity index (χ2n) is 6.73. The van der Waals surface area contributed by atoms with E-state index in [1.165, 1.54) is 30.2 Å². The van der Waals surface area contributed by atoms with Crippen LogP contribution in [0.3, 0.4) is 0 Å². The Hall–Kier alpha value is -2.22. The first-order chi connectivity index (χ1) is 11.6. The van der Waals surface area contributed by atoms with Crippen molar-refractivity contribution in [2.45, 2.75) is 19.3 Å². The van der Waals surface area contributed by atoms with E-state index in [0.717, 1.165) is 6.61 Å². The van der Waals surface area contributed by atoms with Crippen LogP contribution in [0, 0.1) is 11.8 Å². The van der Waals surface area contributed by atoms with Crippen LogP contribution in [-0.2, 0) is 11.8 Å². The number of aromatic amines is 1. The molecule has 2 aliphatic rings. The summed E-state index contributed by atoms with van der Waals surface area (Å²) in [6.45, 7) is 2.50. The zero-order valence-corrected chi connectivity index (χ0v) is 13.7. The quantitative estimate of drug-likeness (QED) is 0.867. The Balaban J connectivity index is 1.62. The predicted octanol–water partition coefficient (Wildman–Crippen LogP) is 0.545. The zero-order chi connectivity index (χ0) is 16.7. The number of hydrogen-bond acceptors (Lipinski definition) is 5. The van der Waals surface area contributed by atoms with Crippen molar-refractivity contribution in [2.24, 2.45) is 18.9 Å². The molecule has 1 saturated heterocycles. The third-order valence-electron chi connectivity index (χ3n) is 5.23. The van der Waals surface area contributed by atoms with E-state index in [1.807, 2.05) is 4.90 Å². The SMILES string of the molecule is Cn1cnc2c(C(=O)N3CCOCC(C4CCC4)C3)[nH]nc2c1=O. The number of carbonyl (C=O) groups excluding carboxylic acids is 1. The molecule has 0 aromatic carbocycles. The van der Waals surface area contributed by atoms with Gasteiger partial charge in [0.05, 0.1) is 19.5 Å². The molecule has 24 heavy (non-hydrogen) atoms. The van der Waals surface area contributed by atoms with E-state index >= 15 is 0 Å². The molecule has 128 valence electrons. The zero-order valence-electron chi connectivity index (χ0n) is 13.7. The number of nitrogens with zero attached hydrogens (tertiary/aromatic N) is 4. The number of carbonyl (C=O) groups is 1. The highest BCUT2D eigenvalue weighted by Gasteiger charge is 2.33. The van der Waals surface area contributed by atoms with Crippen LogP contribution in [-0.4, -0.2) is 56.9 Å². The van der Waals surface area contributed by atoms with Gasteiger partial charge < -0.3 is 14.2 Å². The molecule has 8 nitrogen and oxygen atoms in total. The highest BCUT2D eigenvalue weighted by atomic mass is 16.5. The Morgan fingerprint density at radius 3 is 2.92 bits per heavy atom. The molecule has 2 fully saturated rings. The summed E-state index contributed by atoms with van der Waals surface area (Å²) in [5.41, 5.74) is 0.567. The number of H-pyrrole nitrogens is 1. The fourth-order valence-electron chi connectivity index (χ4n) is 3.50. The van der Waals surface area contributed by atoms with E-state index < -0.39 is 0 Å². The molecule has 1 amide bonds. The number of aromatic nitrogens is 4. The van der Waals surface area contributed by atoms with Crippen molar-refractivity contribution >= 4 is 16.9 Å². The Bertz CT molecular complexity index is 823. The molecule has 3 heterocycles. The van der Waals surface area contributed by atoms with Crippen LogP contribution in [0.4, 0.5) is 0 Å². The second kappa shape index (κ2) is 6.01. The van der Waals surface area contributed by atoms with Gasteiger partial charge in [-0.2, -0.15) is 5.10 Å². The average Bonchev–Trinajstić information content (AvgIpc) is 2.81. The summed E-state index contributed by atoms with van der Waals surface area (Å²) in [7, 11) is 1.61. The van der Waals surface area contributed by atoms with Crippen LogP contribution in [0.5, 0.6) is 0 Å². The number of rotatable bonds is 2. The van der Waals surface area contributed by atoms with E-state index in [-0.39, 0.29) is 22.7 Å². The highest BCUT2D eigenvalue weighted by molar-refractivity contribution is 6.02. The van der Waals surface area contributed by atoms with Crippen molar-refractivity contribution in [3.8, 4) is 0 Å². The lowest BCUT2D eigenvalue weighted by Crippen LogP contribution is -2.39. The normalized spacial score (nSPS) is 22.4. The van der Waals surface area contributed by atoms with E-state index in [4.69, 9.17) is 4.74 Å². The van der Waals surface area contributed by atoms with Crippen LogP contribution in [0.25, 0.3) is 11.0 Å². The first kappa shape index (κ1) is 15.3. The van der Waals surface area contributed by atoms with Gasteiger partial charge in [-0.15, -0.1) is 0 Å². The third kappa shape index (κ3) is 2.50. The van der Waals surface area contributed by atoms with Crippen molar-refractivity contribution in [1.29, 1.82) is 0 Å². The average molecular weight is 331 g/mol. The Morgan fingerprint density at radius 1 is 1.33 bits per heavy atom. The fraction of sp³-hybridized carbons (Fsp3) is 0.625. The summed E-state index contributed by atoms with van der Waals surface area (Å²) in [5.74, 6) is 0.885. The van der Waals surface area contributed by atoms with Gasteiger partial charge in [-0.1, -0.05) is 19.3 Å². The summed E-state index contributed by atoms with van der Waals surface area (Å²) in [6.07, 6.45) is 5.13. The number of amides is 1. The summed E-state index contributed by atoms with van der Waals surface area (Å²) in [5, 5.41) is 6.71. The van der Waals surface area contributed by atoms with E-state index in [0.29, 0.717) is 37.0 Å².